The van der Waals surface area contributed by atoms with Crippen LogP contribution in [-0.2, 0) is 16.1 Å². The minimum Gasteiger partial charge on any atom is -0.484 e. The lowest BCUT2D eigenvalue weighted by molar-refractivity contribution is -0.143. The highest BCUT2D eigenvalue weighted by Gasteiger charge is 2.31. The zero-order valence-corrected chi connectivity index (χ0v) is 20.7. The number of nitrogens with one attached hydrogen (secondary N) is 1. The van der Waals surface area contributed by atoms with Crippen LogP contribution in [0.3, 0.4) is 0 Å². The first-order valence-corrected chi connectivity index (χ1v) is 11.3. The molecule has 162 valence electrons. The van der Waals surface area contributed by atoms with Crippen LogP contribution < -0.4 is 10.1 Å². The number of rotatable bonds is 8. The predicted octanol–water partition coefficient (Wildman–Crippen LogP) is 5.05. The largest absolute Gasteiger partial charge is 0.484 e. The first-order chi connectivity index (χ1) is 14.1. The van der Waals surface area contributed by atoms with E-state index < -0.39 is 11.6 Å². The van der Waals surface area contributed by atoms with Crippen LogP contribution in [0.15, 0.2) is 48.5 Å². The molecule has 2 amide bonds. The quantitative estimate of drug-likeness (QED) is 0.475. The third-order valence-corrected chi connectivity index (χ3v) is 5.45. The Kier molecular flexibility index (Phi) is 8.97. The van der Waals surface area contributed by atoms with Crippen molar-refractivity contribution in [3.63, 3.8) is 0 Å². The van der Waals surface area contributed by atoms with Gasteiger partial charge in [-0.1, -0.05) is 36.7 Å². The van der Waals surface area contributed by atoms with Gasteiger partial charge >= 0.3 is 0 Å². The van der Waals surface area contributed by atoms with Gasteiger partial charge in [-0.05, 0) is 85.7 Å². The van der Waals surface area contributed by atoms with Gasteiger partial charge in [0.25, 0.3) is 5.91 Å². The number of amides is 2. The maximum Gasteiger partial charge on any atom is 0.261 e. The van der Waals surface area contributed by atoms with E-state index in [0.29, 0.717) is 17.2 Å². The number of halogens is 2. The summed E-state index contributed by atoms with van der Waals surface area (Å²) < 4.78 is 6.77. The summed E-state index contributed by atoms with van der Waals surface area (Å²) in [5.74, 6) is 0.137. The molecule has 0 saturated heterocycles. The monoisotopic (exact) mass is 542 g/mol. The fraction of sp³-hybridized carbons (Fsp3) is 0.391. The average Bonchev–Trinajstić information content (AvgIpc) is 2.67. The molecule has 0 aliphatic heterocycles. The van der Waals surface area contributed by atoms with Crippen LogP contribution in [0.1, 0.15) is 39.7 Å². The van der Waals surface area contributed by atoms with Crippen molar-refractivity contribution in [2.45, 2.75) is 52.2 Å². The predicted molar refractivity (Wildman–Crippen MR) is 129 cm³/mol. The van der Waals surface area contributed by atoms with E-state index in [0.717, 1.165) is 9.13 Å². The summed E-state index contributed by atoms with van der Waals surface area (Å²) in [5, 5.41) is 3.53. The number of hydrogen-bond acceptors (Lipinski definition) is 3. The van der Waals surface area contributed by atoms with E-state index in [-0.39, 0.29) is 25.0 Å². The standard InChI is InChI=1S/C23H28ClIN2O3/c1-5-20(22(29)26-23(2,3)4)27(14-16-8-6-7-9-19(16)24)21(28)15-30-18-12-10-17(25)11-13-18/h6-13,20H,5,14-15H2,1-4H3,(H,26,29). The van der Waals surface area contributed by atoms with E-state index in [2.05, 4.69) is 27.9 Å². The molecule has 0 aromatic heterocycles. The van der Waals surface area contributed by atoms with Gasteiger partial charge in [0.2, 0.25) is 5.91 Å². The maximum atomic E-state index is 13.1. The highest BCUT2D eigenvalue weighted by molar-refractivity contribution is 14.1. The Labute approximate surface area is 197 Å². The van der Waals surface area contributed by atoms with Crippen LogP contribution in [0.5, 0.6) is 5.75 Å². The van der Waals surface area contributed by atoms with Gasteiger partial charge in [-0.2, -0.15) is 0 Å². The van der Waals surface area contributed by atoms with Crippen LogP contribution in [0.25, 0.3) is 0 Å². The molecule has 1 N–H and O–H groups in total. The number of carbonyl (C=O) groups excluding carboxylic acids is 2. The van der Waals surface area contributed by atoms with Crippen molar-refractivity contribution in [1.82, 2.24) is 10.2 Å². The van der Waals surface area contributed by atoms with Crippen molar-refractivity contribution in [2.75, 3.05) is 6.61 Å². The second kappa shape index (κ2) is 11.0. The lowest BCUT2D eigenvalue weighted by atomic mass is 10.1. The smallest absolute Gasteiger partial charge is 0.261 e. The second-order valence-corrected chi connectivity index (χ2v) is 9.67. The van der Waals surface area contributed by atoms with Gasteiger partial charge in [0.15, 0.2) is 6.61 Å². The molecular formula is C23H28ClIN2O3. The second-order valence-electron chi connectivity index (χ2n) is 8.02. The Morgan fingerprint density at radius 1 is 1.13 bits per heavy atom. The molecule has 7 heteroatoms. The molecule has 0 spiro atoms. The molecule has 0 radical (unpaired) electrons. The summed E-state index contributed by atoms with van der Waals surface area (Å²) in [6.45, 7) is 7.70. The first-order valence-electron chi connectivity index (χ1n) is 9.84. The van der Waals surface area contributed by atoms with Crippen LogP contribution in [-0.4, -0.2) is 34.9 Å². The molecule has 0 heterocycles. The molecule has 30 heavy (non-hydrogen) atoms. The lowest BCUT2D eigenvalue weighted by Crippen LogP contribution is -2.54. The molecule has 2 aromatic rings. The molecule has 0 bridgehead atoms. The topological polar surface area (TPSA) is 58.6 Å². The maximum absolute atomic E-state index is 13.1. The molecule has 0 fully saturated rings. The van der Waals surface area contributed by atoms with Crippen molar-refractivity contribution in [3.05, 3.63) is 62.7 Å². The molecule has 1 unspecified atom stereocenters. The minimum atomic E-state index is -0.631. The Morgan fingerprint density at radius 2 is 1.77 bits per heavy atom. The Morgan fingerprint density at radius 3 is 2.33 bits per heavy atom. The summed E-state index contributed by atoms with van der Waals surface area (Å²) in [6, 6.07) is 14.2. The number of hydrogen-bond donors (Lipinski definition) is 1. The summed E-state index contributed by atoms with van der Waals surface area (Å²) in [5.41, 5.74) is 0.380. The number of nitrogens with zero attached hydrogens (tertiary/aromatic N) is 1. The fourth-order valence-corrected chi connectivity index (χ4v) is 3.50. The molecule has 2 aromatic carbocycles. The zero-order valence-electron chi connectivity index (χ0n) is 17.7. The third-order valence-electron chi connectivity index (χ3n) is 4.36. The van der Waals surface area contributed by atoms with Crippen molar-refractivity contribution in [2.24, 2.45) is 0 Å². The van der Waals surface area contributed by atoms with E-state index in [9.17, 15) is 9.59 Å². The van der Waals surface area contributed by atoms with Crippen LogP contribution >= 0.6 is 34.2 Å². The van der Waals surface area contributed by atoms with Gasteiger partial charge in [-0.3, -0.25) is 9.59 Å². The number of ether oxygens (including phenoxy) is 1. The summed E-state index contributed by atoms with van der Waals surface area (Å²) in [6.07, 6.45) is 0.474. The Bertz CT molecular complexity index is 865. The van der Waals surface area contributed by atoms with Gasteiger partial charge in [-0.15, -0.1) is 0 Å². The average molecular weight is 543 g/mol. The van der Waals surface area contributed by atoms with Crippen molar-refractivity contribution in [3.8, 4) is 5.75 Å². The van der Waals surface area contributed by atoms with Gasteiger partial charge < -0.3 is 15.0 Å². The highest BCUT2D eigenvalue weighted by atomic mass is 127. The van der Waals surface area contributed by atoms with Crippen molar-refractivity contribution in [1.29, 1.82) is 0 Å². The van der Waals surface area contributed by atoms with Gasteiger partial charge in [0.1, 0.15) is 11.8 Å². The Balaban J connectivity index is 2.24. The SMILES string of the molecule is CCC(C(=O)NC(C)(C)C)N(Cc1ccccc1Cl)C(=O)COc1ccc(I)cc1. The molecule has 0 aliphatic carbocycles. The summed E-state index contributed by atoms with van der Waals surface area (Å²) >= 11 is 8.53. The molecule has 0 saturated carbocycles. The van der Waals surface area contributed by atoms with E-state index >= 15 is 0 Å². The van der Waals surface area contributed by atoms with Crippen molar-refractivity contribution < 1.29 is 14.3 Å². The van der Waals surface area contributed by atoms with E-state index in [4.69, 9.17) is 16.3 Å². The molecule has 2 rings (SSSR count). The molecule has 1 atom stereocenters. The number of carbonyl (C=O) groups is 2. The van der Waals surface area contributed by atoms with E-state index in [1.807, 2.05) is 70.2 Å². The van der Waals surface area contributed by atoms with Crippen molar-refractivity contribution >= 4 is 46.0 Å². The number of benzene rings is 2. The molecule has 0 aliphatic rings. The van der Waals surface area contributed by atoms with Gasteiger partial charge in [-0.25, -0.2) is 0 Å². The molecular weight excluding hydrogens is 515 g/mol. The first kappa shape index (κ1) is 24.5. The van der Waals surface area contributed by atoms with E-state index in [1.165, 1.54) is 0 Å². The summed E-state index contributed by atoms with van der Waals surface area (Å²) in [7, 11) is 0. The zero-order chi connectivity index (χ0) is 22.3. The van der Waals surface area contributed by atoms with Gasteiger partial charge in [0, 0.05) is 20.7 Å². The minimum absolute atomic E-state index is 0.162. The summed E-state index contributed by atoms with van der Waals surface area (Å²) in [4.78, 5) is 27.6. The van der Waals surface area contributed by atoms with Crippen LogP contribution in [0, 0.1) is 3.57 Å². The lowest BCUT2D eigenvalue weighted by Gasteiger charge is -2.33. The van der Waals surface area contributed by atoms with Crippen LogP contribution in [0.2, 0.25) is 5.02 Å². The van der Waals surface area contributed by atoms with Gasteiger partial charge in [0.05, 0.1) is 0 Å². The fourth-order valence-electron chi connectivity index (χ4n) is 2.94. The highest BCUT2D eigenvalue weighted by Crippen LogP contribution is 2.21. The molecule has 5 nitrogen and oxygen atoms in total. The van der Waals surface area contributed by atoms with Crippen LogP contribution in [0.4, 0.5) is 0 Å². The normalized spacial score (nSPS) is 12.2. The Hall–Kier alpha value is -1.80. The van der Waals surface area contributed by atoms with E-state index in [1.54, 1.807) is 11.0 Å². The third kappa shape index (κ3) is 7.47.